The van der Waals surface area contributed by atoms with Crippen LogP contribution in [0.3, 0.4) is 0 Å². The van der Waals surface area contributed by atoms with Crippen molar-refractivity contribution in [3.8, 4) is 5.75 Å². The lowest BCUT2D eigenvalue weighted by atomic mass is 9.54. The molecule has 0 unspecified atom stereocenters. The Morgan fingerprint density at radius 2 is 1.77 bits per heavy atom. The number of hydrogen-bond donors (Lipinski definition) is 1. The van der Waals surface area contributed by atoms with Crippen molar-refractivity contribution in [3.05, 3.63) is 29.8 Å². The maximum atomic E-state index is 5.75. The summed E-state index contributed by atoms with van der Waals surface area (Å²) in [5.41, 5.74) is 1.36. The second kappa shape index (κ2) is 6.23. The minimum absolute atomic E-state index is 0.771. The summed E-state index contributed by atoms with van der Waals surface area (Å²) in [5, 5.41) is 3.91. The zero-order chi connectivity index (χ0) is 14.9. The molecule has 2 nitrogen and oxygen atoms in total. The van der Waals surface area contributed by atoms with Crippen LogP contribution in [0.25, 0.3) is 0 Å². The van der Waals surface area contributed by atoms with Crippen molar-refractivity contribution in [1.29, 1.82) is 0 Å². The maximum absolute atomic E-state index is 5.75. The van der Waals surface area contributed by atoms with E-state index in [1.165, 1.54) is 37.7 Å². The Bertz CT molecular complexity index is 484. The fourth-order valence-corrected chi connectivity index (χ4v) is 5.46. The van der Waals surface area contributed by atoms with E-state index in [0.717, 1.165) is 55.0 Å². The molecule has 0 heterocycles. The largest absolute Gasteiger partial charge is 0.494 e. The molecule has 4 fully saturated rings. The molecular weight excluding hydrogens is 270 g/mol. The smallest absolute Gasteiger partial charge is 0.119 e. The fourth-order valence-electron chi connectivity index (χ4n) is 5.46. The molecule has 0 saturated heterocycles. The molecule has 4 aliphatic rings. The van der Waals surface area contributed by atoms with E-state index in [2.05, 4.69) is 36.5 Å². The standard InChI is InChI=1S/C20H29NO/c1-2-6-22-19-5-3-4-14(12-19)13-21-20-17-8-15-7-16(10-17)11-18(20)9-15/h3-5,12,15-18,20-21H,2,6-11,13H2,1H3. The van der Waals surface area contributed by atoms with Gasteiger partial charge in [0.25, 0.3) is 0 Å². The van der Waals surface area contributed by atoms with Gasteiger partial charge in [0.2, 0.25) is 0 Å². The van der Waals surface area contributed by atoms with Gasteiger partial charge in [-0.15, -0.1) is 0 Å². The summed E-state index contributed by atoms with van der Waals surface area (Å²) in [6, 6.07) is 9.40. The van der Waals surface area contributed by atoms with Gasteiger partial charge in [-0.25, -0.2) is 0 Å². The Hall–Kier alpha value is -1.02. The minimum atomic E-state index is 0.771. The first-order valence-electron chi connectivity index (χ1n) is 9.27. The molecule has 22 heavy (non-hydrogen) atoms. The number of hydrogen-bond acceptors (Lipinski definition) is 2. The predicted octanol–water partition coefficient (Wildman–Crippen LogP) is 4.39. The van der Waals surface area contributed by atoms with Crippen LogP contribution < -0.4 is 10.1 Å². The van der Waals surface area contributed by atoms with E-state index in [1.54, 1.807) is 0 Å². The molecule has 120 valence electrons. The van der Waals surface area contributed by atoms with Gasteiger partial charge in [-0.05, 0) is 79.9 Å². The lowest BCUT2D eigenvalue weighted by Crippen LogP contribution is -2.54. The second-order valence-electron chi connectivity index (χ2n) is 7.83. The van der Waals surface area contributed by atoms with Gasteiger partial charge in [-0.3, -0.25) is 0 Å². The van der Waals surface area contributed by atoms with Crippen LogP contribution >= 0.6 is 0 Å². The number of rotatable bonds is 6. The summed E-state index contributed by atoms with van der Waals surface area (Å²) < 4.78 is 5.75. The highest BCUT2D eigenvalue weighted by atomic mass is 16.5. The quantitative estimate of drug-likeness (QED) is 0.841. The minimum Gasteiger partial charge on any atom is -0.494 e. The van der Waals surface area contributed by atoms with Crippen molar-refractivity contribution in [2.75, 3.05) is 6.61 Å². The van der Waals surface area contributed by atoms with Gasteiger partial charge in [0, 0.05) is 12.6 Å². The highest BCUT2D eigenvalue weighted by Gasteiger charge is 2.47. The summed E-state index contributed by atoms with van der Waals surface area (Å²) in [6.07, 6.45) is 8.57. The number of ether oxygens (including phenoxy) is 1. The van der Waals surface area contributed by atoms with Gasteiger partial charge in [-0.2, -0.15) is 0 Å². The molecule has 2 heteroatoms. The van der Waals surface area contributed by atoms with Crippen molar-refractivity contribution < 1.29 is 4.74 Å². The first kappa shape index (κ1) is 14.6. The highest BCUT2D eigenvalue weighted by molar-refractivity contribution is 5.28. The molecule has 0 radical (unpaired) electrons. The van der Waals surface area contributed by atoms with Crippen LogP contribution in [0, 0.1) is 23.7 Å². The van der Waals surface area contributed by atoms with Gasteiger partial charge in [0.1, 0.15) is 5.75 Å². The zero-order valence-electron chi connectivity index (χ0n) is 13.8. The van der Waals surface area contributed by atoms with Crippen LogP contribution in [0.15, 0.2) is 24.3 Å². The molecule has 1 aromatic rings. The van der Waals surface area contributed by atoms with E-state index < -0.39 is 0 Å². The molecule has 5 rings (SSSR count). The Labute approximate surface area is 134 Å². The van der Waals surface area contributed by atoms with Crippen molar-refractivity contribution in [1.82, 2.24) is 5.32 Å². The lowest BCUT2D eigenvalue weighted by Gasteiger charge is -2.54. The predicted molar refractivity (Wildman–Crippen MR) is 89.9 cm³/mol. The van der Waals surface area contributed by atoms with Crippen LogP contribution in [0.2, 0.25) is 0 Å². The Kier molecular flexibility index (Phi) is 4.13. The number of nitrogens with one attached hydrogen (secondary N) is 1. The van der Waals surface area contributed by atoms with Gasteiger partial charge in [-0.1, -0.05) is 19.1 Å². The maximum Gasteiger partial charge on any atom is 0.119 e. The molecule has 0 spiro atoms. The van der Waals surface area contributed by atoms with Crippen LogP contribution in [0.1, 0.15) is 51.0 Å². The third kappa shape index (κ3) is 2.90. The second-order valence-corrected chi connectivity index (χ2v) is 7.83. The average molecular weight is 299 g/mol. The van der Waals surface area contributed by atoms with Crippen molar-refractivity contribution in [2.24, 2.45) is 23.7 Å². The molecule has 1 N–H and O–H groups in total. The molecule has 0 amide bonds. The van der Waals surface area contributed by atoms with Crippen LogP contribution in [-0.4, -0.2) is 12.6 Å². The van der Waals surface area contributed by atoms with Crippen molar-refractivity contribution in [3.63, 3.8) is 0 Å². The van der Waals surface area contributed by atoms with E-state index in [9.17, 15) is 0 Å². The Morgan fingerprint density at radius 3 is 2.45 bits per heavy atom. The SMILES string of the molecule is CCCOc1cccc(CNC2C3CC4CC(C3)CC2C4)c1. The Morgan fingerprint density at radius 1 is 1.05 bits per heavy atom. The van der Waals surface area contributed by atoms with E-state index in [0.29, 0.717) is 0 Å². The summed E-state index contributed by atoms with van der Waals surface area (Å²) in [7, 11) is 0. The van der Waals surface area contributed by atoms with E-state index >= 15 is 0 Å². The fraction of sp³-hybridized carbons (Fsp3) is 0.700. The van der Waals surface area contributed by atoms with Crippen LogP contribution in [0.5, 0.6) is 5.75 Å². The third-order valence-electron chi connectivity index (χ3n) is 6.14. The van der Waals surface area contributed by atoms with E-state index in [4.69, 9.17) is 4.74 Å². The molecule has 1 aromatic carbocycles. The summed E-state index contributed by atoms with van der Waals surface area (Å²) in [5.74, 6) is 5.05. The molecule has 4 bridgehead atoms. The van der Waals surface area contributed by atoms with Gasteiger partial charge in [0.15, 0.2) is 0 Å². The van der Waals surface area contributed by atoms with Gasteiger partial charge < -0.3 is 10.1 Å². The molecule has 0 atom stereocenters. The summed E-state index contributed by atoms with van der Waals surface area (Å²) in [6.45, 7) is 3.96. The molecule has 4 saturated carbocycles. The molecule has 0 aliphatic heterocycles. The topological polar surface area (TPSA) is 21.3 Å². The lowest BCUT2D eigenvalue weighted by molar-refractivity contribution is -0.0142. The van der Waals surface area contributed by atoms with Crippen LogP contribution in [0.4, 0.5) is 0 Å². The highest BCUT2D eigenvalue weighted by Crippen LogP contribution is 2.53. The van der Waals surface area contributed by atoms with Gasteiger partial charge in [0.05, 0.1) is 6.61 Å². The van der Waals surface area contributed by atoms with Gasteiger partial charge >= 0.3 is 0 Å². The molecule has 4 aliphatic carbocycles. The van der Waals surface area contributed by atoms with Crippen LogP contribution in [-0.2, 0) is 6.54 Å². The van der Waals surface area contributed by atoms with E-state index in [1.807, 2.05) is 0 Å². The first-order valence-corrected chi connectivity index (χ1v) is 9.27. The zero-order valence-corrected chi connectivity index (χ0v) is 13.8. The molecular formula is C20H29NO. The van der Waals surface area contributed by atoms with Crippen molar-refractivity contribution in [2.45, 2.75) is 58.0 Å². The monoisotopic (exact) mass is 299 g/mol. The molecule has 0 aromatic heterocycles. The summed E-state index contributed by atoms with van der Waals surface area (Å²) in [4.78, 5) is 0. The normalized spacial score (nSPS) is 35.8. The summed E-state index contributed by atoms with van der Waals surface area (Å²) >= 11 is 0. The van der Waals surface area contributed by atoms with E-state index in [-0.39, 0.29) is 0 Å². The third-order valence-corrected chi connectivity index (χ3v) is 6.14. The van der Waals surface area contributed by atoms with Crippen molar-refractivity contribution >= 4 is 0 Å². The Balaban J connectivity index is 1.36. The average Bonchev–Trinajstić information content (AvgIpc) is 2.52. The number of benzene rings is 1. The first-order chi connectivity index (χ1) is 10.8.